The van der Waals surface area contributed by atoms with Gasteiger partial charge in [0.2, 0.25) is 0 Å². The van der Waals surface area contributed by atoms with Crippen molar-refractivity contribution in [2.24, 2.45) is 0 Å². The molecule has 1 aliphatic carbocycles. The summed E-state index contributed by atoms with van der Waals surface area (Å²) in [6.07, 6.45) is 5.54. The monoisotopic (exact) mass is 392 g/mol. The minimum absolute atomic E-state index is 0.0400. The lowest BCUT2D eigenvalue weighted by Crippen LogP contribution is -2.35. The summed E-state index contributed by atoms with van der Waals surface area (Å²) in [7, 11) is 1.51. The predicted molar refractivity (Wildman–Crippen MR) is 107 cm³/mol. The van der Waals surface area contributed by atoms with Crippen LogP contribution in [0, 0.1) is 5.82 Å². The first kappa shape index (κ1) is 17.7. The van der Waals surface area contributed by atoms with E-state index in [0.29, 0.717) is 18.8 Å². The maximum Gasteiger partial charge on any atom is 0.325 e. The molecule has 2 aliphatic rings. The molecule has 1 saturated carbocycles. The number of methoxy groups -OCH3 is 1. The molecule has 1 spiro atoms. The van der Waals surface area contributed by atoms with Gasteiger partial charge in [0.1, 0.15) is 11.6 Å². The quantitative estimate of drug-likeness (QED) is 0.708. The lowest BCUT2D eigenvalue weighted by Gasteiger charge is -2.23. The van der Waals surface area contributed by atoms with Crippen LogP contribution >= 0.6 is 0 Å². The Labute approximate surface area is 167 Å². The van der Waals surface area contributed by atoms with Crippen LogP contribution in [0.15, 0.2) is 54.9 Å². The van der Waals surface area contributed by atoms with Crippen LogP contribution in [-0.4, -0.2) is 40.3 Å². The summed E-state index contributed by atoms with van der Waals surface area (Å²) in [6.45, 7) is 1.03. The van der Waals surface area contributed by atoms with Crippen molar-refractivity contribution in [3.05, 3.63) is 66.2 Å². The Bertz CT molecular complexity index is 1050. The number of amides is 2. The molecular weight excluding hydrogens is 371 g/mol. The van der Waals surface area contributed by atoms with Crippen molar-refractivity contribution >= 4 is 11.7 Å². The highest BCUT2D eigenvalue weighted by Gasteiger charge is 2.57. The number of carbonyl (C=O) groups excluding carboxylic acids is 1. The minimum Gasteiger partial charge on any atom is -0.497 e. The second kappa shape index (κ2) is 6.62. The molecule has 5 rings (SSSR count). The summed E-state index contributed by atoms with van der Waals surface area (Å²) >= 11 is 0. The first-order chi connectivity index (χ1) is 14.1. The van der Waals surface area contributed by atoms with Crippen LogP contribution in [0.4, 0.5) is 14.9 Å². The maximum absolute atomic E-state index is 13.9. The zero-order valence-electron chi connectivity index (χ0n) is 16.1. The third-order valence-corrected chi connectivity index (χ3v) is 5.83. The molecule has 0 radical (unpaired) electrons. The van der Waals surface area contributed by atoms with Gasteiger partial charge in [-0.2, -0.15) is 5.10 Å². The van der Waals surface area contributed by atoms with E-state index < -0.39 is 0 Å². The Hall–Kier alpha value is -3.35. The number of carbonyl (C=O) groups is 1. The van der Waals surface area contributed by atoms with Gasteiger partial charge in [0, 0.05) is 30.1 Å². The fourth-order valence-corrected chi connectivity index (χ4v) is 4.06. The van der Waals surface area contributed by atoms with Crippen LogP contribution in [-0.2, 0) is 6.54 Å². The highest BCUT2D eigenvalue weighted by atomic mass is 19.1. The number of benzene rings is 2. The SMILES string of the molecule is COc1cc(F)cc(CN2C(=O)N(c3ccc(-c4cn[nH]c4)cc3)CC23CC3)c1. The summed E-state index contributed by atoms with van der Waals surface area (Å²) in [4.78, 5) is 16.9. The molecule has 3 aromatic rings. The molecule has 2 amide bonds. The van der Waals surface area contributed by atoms with Gasteiger partial charge in [-0.3, -0.25) is 10.00 Å². The first-order valence-electron chi connectivity index (χ1n) is 9.60. The van der Waals surface area contributed by atoms with E-state index >= 15 is 0 Å². The normalized spacial score (nSPS) is 17.2. The summed E-state index contributed by atoms with van der Waals surface area (Å²) < 4.78 is 19.1. The van der Waals surface area contributed by atoms with Crippen molar-refractivity contribution in [2.75, 3.05) is 18.6 Å². The number of aromatic amines is 1. The number of aromatic nitrogens is 2. The molecule has 2 heterocycles. The lowest BCUT2D eigenvalue weighted by molar-refractivity contribution is 0.197. The van der Waals surface area contributed by atoms with Crippen LogP contribution in [0.5, 0.6) is 5.75 Å². The zero-order valence-corrected chi connectivity index (χ0v) is 16.1. The fraction of sp³-hybridized carbons (Fsp3) is 0.273. The summed E-state index contributed by atoms with van der Waals surface area (Å²) in [5.41, 5.74) is 3.50. The van der Waals surface area contributed by atoms with Gasteiger partial charge >= 0.3 is 6.03 Å². The van der Waals surface area contributed by atoms with Gasteiger partial charge in [-0.1, -0.05) is 12.1 Å². The van der Waals surface area contributed by atoms with Crippen molar-refractivity contribution < 1.29 is 13.9 Å². The number of nitrogens with zero attached hydrogens (tertiary/aromatic N) is 3. The van der Waals surface area contributed by atoms with E-state index in [2.05, 4.69) is 10.2 Å². The van der Waals surface area contributed by atoms with E-state index in [0.717, 1.165) is 35.2 Å². The molecule has 1 aliphatic heterocycles. The molecule has 2 fully saturated rings. The van der Waals surface area contributed by atoms with Crippen LogP contribution < -0.4 is 9.64 Å². The van der Waals surface area contributed by atoms with Gasteiger partial charge in [0.15, 0.2) is 0 Å². The Morgan fingerprint density at radius 2 is 1.97 bits per heavy atom. The van der Waals surface area contributed by atoms with Crippen molar-refractivity contribution in [1.29, 1.82) is 0 Å². The molecule has 29 heavy (non-hydrogen) atoms. The van der Waals surface area contributed by atoms with E-state index in [1.54, 1.807) is 12.3 Å². The molecule has 148 valence electrons. The highest BCUT2D eigenvalue weighted by Crippen LogP contribution is 2.48. The van der Waals surface area contributed by atoms with Gasteiger partial charge in [-0.25, -0.2) is 9.18 Å². The second-order valence-corrected chi connectivity index (χ2v) is 7.71. The van der Waals surface area contributed by atoms with Gasteiger partial charge in [-0.15, -0.1) is 0 Å². The number of rotatable bonds is 5. The molecule has 0 unspecified atom stereocenters. The van der Waals surface area contributed by atoms with Crippen molar-refractivity contribution in [3.63, 3.8) is 0 Å². The van der Waals surface area contributed by atoms with Gasteiger partial charge < -0.3 is 9.64 Å². The largest absolute Gasteiger partial charge is 0.497 e. The maximum atomic E-state index is 13.9. The lowest BCUT2D eigenvalue weighted by atomic mass is 10.1. The van der Waals surface area contributed by atoms with Crippen LogP contribution in [0.25, 0.3) is 11.1 Å². The number of hydrogen-bond acceptors (Lipinski definition) is 3. The van der Waals surface area contributed by atoms with Crippen molar-refractivity contribution in [2.45, 2.75) is 24.9 Å². The van der Waals surface area contributed by atoms with E-state index in [4.69, 9.17) is 4.74 Å². The fourth-order valence-electron chi connectivity index (χ4n) is 4.06. The molecule has 6 nitrogen and oxygen atoms in total. The number of anilines is 1. The third kappa shape index (κ3) is 3.12. The molecule has 1 aromatic heterocycles. The predicted octanol–water partition coefficient (Wildman–Crippen LogP) is 4.20. The number of hydrogen-bond donors (Lipinski definition) is 1. The number of nitrogens with one attached hydrogen (secondary N) is 1. The Morgan fingerprint density at radius 1 is 1.17 bits per heavy atom. The summed E-state index contributed by atoms with van der Waals surface area (Å²) in [6, 6.07) is 12.5. The van der Waals surface area contributed by atoms with Gasteiger partial charge in [-0.05, 0) is 48.2 Å². The smallest absolute Gasteiger partial charge is 0.325 e. The van der Waals surface area contributed by atoms with Crippen molar-refractivity contribution in [1.82, 2.24) is 15.1 Å². The van der Waals surface area contributed by atoms with Crippen molar-refractivity contribution in [3.8, 4) is 16.9 Å². The third-order valence-electron chi connectivity index (χ3n) is 5.83. The molecule has 1 N–H and O–H groups in total. The second-order valence-electron chi connectivity index (χ2n) is 7.71. The zero-order chi connectivity index (χ0) is 20.0. The standard InChI is InChI=1S/C22H21FN4O2/c1-29-20-9-15(8-18(23)10-20)13-27-21(28)26(14-22(27)6-7-22)19-4-2-16(3-5-19)17-11-24-25-12-17/h2-5,8-12H,6-7,13-14H2,1H3,(H,24,25). The van der Waals surface area contributed by atoms with Crippen LogP contribution in [0.1, 0.15) is 18.4 Å². The molecule has 1 saturated heterocycles. The van der Waals surface area contributed by atoms with Gasteiger partial charge in [0.25, 0.3) is 0 Å². The number of H-pyrrole nitrogens is 1. The van der Waals surface area contributed by atoms with E-state index in [-0.39, 0.29) is 17.4 Å². The molecule has 7 heteroatoms. The van der Waals surface area contributed by atoms with Crippen LogP contribution in [0.3, 0.4) is 0 Å². The van der Waals surface area contributed by atoms with E-state index in [1.807, 2.05) is 40.3 Å². The van der Waals surface area contributed by atoms with E-state index in [9.17, 15) is 9.18 Å². The molecule has 0 atom stereocenters. The van der Waals surface area contributed by atoms with E-state index in [1.165, 1.54) is 19.2 Å². The average Bonchev–Trinajstić information content (AvgIpc) is 3.18. The topological polar surface area (TPSA) is 61.5 Å². The molecule has 2 aromatic carbocycles. The first-order valence-corrected chi connectivity index (χ1v) is 9.60. The molecular formula is C22H21FN4O2. The van der Waals surface area contributed by atoms with Crippen LogP contribution in [0.2, 0.25) is 0 Å². The average molecular weight is 392 g/mol. The van der Waals surface area contributed by atoms with Gasteiger partial charge in [0.05, 0.1) is 25.4 Å². The Balaban J connectivity index is 1.39. The number of ether oxygens (including phenoxy) is 1. The highest BCUT2D eigenvalue weighted by molar-refractivity contribution is 5.96. The number of halogens is 1. The summed E-state index contributed by atoms with van der Waals surface area (Å²) in [5, 5.41) is 6.78. The number of urea groups is 1. The minimum atomic E-state index is -0.359. The Kier molecular flexibility index (Phi) is 4.04. The molecule has 0 bridgehead atoms. The summed E-state index contributed by atoms with van der Waals surface area (Å²) in [5.74, 6) is 0.103. The Morgan fingerprint density at radius 3 is 2.62 bits per heavy atom.